The van der Waals surface area contributed by atoms with Gasteiger partial charge in [-0.3, -0.25) is 0 Å². The predicted octanol–water partition coefficient (Wildman–Crippen LogP) is 3.83. The molecule has 0 radical (unpaired) electrons. The van der Waals surface area contributed by atoms with Crippen LogP contribution in [0.5, 0.6) is 0 Å². The average Bonchev–Trinajstić information content (AvgIpc) is 2.36. The van der Waals surface area contributed by atoms with Crippen molar-refractivity contribution in [3.05, 3.63) is 58.7 Å². The number of anilines is 2. The van der Waals surface area contributed by atoms with Crippen molar-refractivity contribution in [2.24, 2.45) is 0 Å². The molecule has 0 saturated carbocycles. The molecular formula is C17H22N2. The summed E-state index contributed by atoms with van der Waals surface area (Å²) in [6.45, 7) is 7.38. The number of nitrogen functional groups attached to an aromatic ring is 1. The number of nitrogens with zero attached hydrogens (tertiary/aromatic N) is 1. The molecule has 0 fully saturated rings. The second kappa shape index (κ2) is 5.35. The lowest BCUT2D eigenvalue weighted by Crippen LogP contribution is -2.17. The van der Waals surface area contributed by atoms with Gasteiger partial charge < -0.3 is 10.6 Å². The third kappa shape index (κ3) is 3.08. The summed E-state index contributed by atoms with van der Waals surface area (Å²) in [5.41, 5.74) is 13.1. The first kappa shape index (κ1) is 13.5. The van der Waals surface area contributed by atoms with E-state index in [1.54, 1.807) is 0 Å². The molecule has 0 unspecified atom stereocenters. The zero-order chi connectivity index (χ0) is 14.0. The first-order chi connectivity index (χ1) is 8.97. The Balaban J connectivity index is 2.22. The fraction of sp³-hybridized carbons (Fsp3) is 0.294. The van der Waals surface area contributed by atoms with E-state index in [0.717, 1.165) is 12.2 Å². The van der Waals surface area contributed by atoms with Crippen LogP contribution in [0.15, 0.2) is 36.4 Å². The predicted molar refractivity (Wildman–Crippen MR) is 83.6 cm³/mol. The second-order valence-electron chi connectivity index (χ2n) is 5.32. The lowest BCUT2D eigenvalue weighted by Gasteiger charge is -2.23. The van der Waals surface area contributed by atoms with Gasteiger partial charge in [0.2, 0.25) is 0 Å². The molecule has 0 atom stereocenters. The van der Waals surface area contributed by atoms with Crippen LogP contribution in [0.1, 0.15) is 22.3 Å². The highest BCUT2D eigenvalue weighted by molar-refractivity contribution is 5.56. The Morgan fingerprint density at radius 2 is 1.47 bits per heavy atom. The topological polar surface area (TPSA) is 29.3 Å². The second-order valence-corrected chi connectivity index (χ2v) is 5.32. The molecule has 2 rings (SSSR count). The Morgan fingerprint density at radius 1 is 0.895 bits per heavy atom. The molecule has 0 bridgehead atoms. The van der Waals surface area contributed by atoms with Crippen molar-refractivity contribution in [1.82, 2.24) is 0 Å². The molecule has 0 heterocycles. The van der Waals surface area contributed by atoms with Crippen LogP contribution in [-0.4, -0.2) is 7.05 Å². The summed E-state index contributed by atoms with van der Waals surface area (Å²) in [7, 11) is 2.13. The zero-order valence-electron chi connectivity index (χ0n) is 12.2. The van der Waals surface area contributed by atoms with Gasteiger partial charge in [0, 0.05) is 25.0 Å². The van der Waals surface area contributed by atoms with Crippen LogP contribution in [0, 0.1) is 20.8 Å². The van der Waals surface area contributed by atoms with Crippen LogP contribution < -0.4 is 10.6 Å². The van der Waals surface area contributed by atoms with Gasteiger partial charge in [0.25, 0.3) is 0 Å². The van der Waals surface area contributed by atoms with Crippen molar-refractivity contribution < 1.29 is 0 Å². The van der Waals surface area contributed by atoms with Crippen molar-refractivity contribution in [2.45, 2.75) is 27.3 Å². The van der Waals surface area contributed by atoms with E-state index < -0.39 is 0 Å². The van der Waals surface area contributed by atoms with E-state index in [1.165, 1.54) is 27.9 Å². The van der Waals surface area contributed by atoms with Gasteiger partial charge in [-0.15, -0.1) is 0 Å². The molecule has 0 aliphatic rings. The highest BCUT2D eigenvalue weighted by Crippen LogP contribution is 2.24. The van der Waals surface area contributed by atoms with E-state index in [-0.39, 0.29) is 0 Å². The van der Waals surface area contributed by atoms with Crippen LogP contribution in [0.25, 0.3) is 0 Å². The minimum atomic E-state index is 0.814. The number of aryl methyl sites for hydroxylation is 3. The SMILES string of the molecule is Cc1cc(C)c(N(C)Cc2ccc(N)cc2)cc1C. The molecule has 19 heavy (non-hydrogen) atoms. The monoisotopic (exact) mass is 254 g/mol. The maximum Gasteiger partial charge on any atom is 0.0426 e. The van der Waals surface area contributed by atoms with Crippen LogP contribution in [-0.2, 0) is 6.54 Å². The van der Waals surface area contributed by atoms with Crippen molar-refractivity contribution in [1.29, 1.82) is 0 Å². The molecule has 100 valence electrons. The Hall–Kier alpha value is -1.96. The molecule has 2 heteroatoms. The Morgan fingerprint density at radius 3 is 2.11 bits per heavy atom. The molecule has 0 saturated heterocycles. The number of rotatable bonds is 3. The van der Waals surface area contributed by atoms with Crippen LogP contribution in [0.4, 0.5) is 11.4 Å². The molecule has 2 aromatic rings. The Kier molecular flexibility index (Phi) is 3.79. The van der Waals surface area contributed by atoms with Crippen LogP contribution in [0.2, 0.25) is 0 Å². The van der Waals surface area contributed by atoms with E-state index >= 15 is 0 Å². The largest absolute Gasteiger partial charge is 0.399 e. The van der Waals surface area contributed by atoms with Crippen molar-refractivity contribution >= 4 is 11.4 Å². The molecule has 0 spiro atoms. The van der Waals surface area contributed by atoms with Crippen molar-refractivity contribution in [2.75, 3.05) is 17.7 Å². The fourth-order valence-corrected chi connectivity index (χ4v) is 2.34. The van der Waals surface area contributed by atoms with Gasteiger partial charge in [-0.25, -0.2) is 0 Å². The van der Waals surface area contributed by atoms with E-state index in [4.69, 9.17) is 5.73 Å². The smallest absolute Gasteiger partial charge is 0.0426 e. The van der Waals surface area contributed by atoms with E-state index in [2.05, 4.69) is 57.0 Å². The molecule has 2 N–H and O–H groups in total. The standard InChI is InChI=1S/C17H22N2/c1-12-9-14(3)17(10-13(12)2)19(4)11-15-5-7-16(18)8-6-15/h5-10H,11,18H2,1-4H3. The minimum absolute atomic E-state index is 0.814. The molecule has 0 amide bonds. The number of hydrogen-bond donors (Lipinski definition) is 1. The number of benzene rings is 2. The van der Waals surface area contributed by atoms with Gasteiger partial charge in [-0.05, 0) is 61.2 Å². The maximum absolute atomic E-state index is 5.72. The molecule has 0 aliphatic heterocycles. The highest BCUT2D eigenvalue weighted by atomic mass is 15.1. The number of hydrogen-bond acceptors (Lipinski definition) is 2. The molecule has 2 aromatic carbocycles. The van der Waals surface area contributed by atoms with Crippen molar-refractivity contribution in [3.63, 3.8) is 0 Å². The number of nitrogens with two attached hydrogens (primary N) is 1. The molecular weight excluding hydrogens is 232 g/mol. The van der Waals surface area contributed by atoms with Gasteiger partial charge in [0.1, 0.15) is 0 Å². The fourth-order valence-electron chi connectivity index (χ4n) is 2.34. The Labute approximate surface area is 115 Å². The molecule has 0 aromatic heterocycles. The summed E-state index contributed by atoms with van der Waals surface area (Å²) in [6.07, 6.45) is 0. The third-order valence-corrected chi connectivity index (χ3v) is 3.62. The van der Waals surface area contributed by atoms with Crippen molar-refractivity contribution in [3.8, 4) is 0 Å². The summed E-state index contributed by atoms with van der Waals surface area (Å²) >= 11 is 0. The Bertz CT molecular complexity index is 571. The lowest BCUT2D eigenvalue weighted by molar-refractivity contribution is 0.915. The third-order valence-electron chi connectivity index (χ3n) is 3.62. The molecule has 0 aliphatic carbocycles. The van der Waals surface area contributed by atoms with Crippen LogP contribution >= 0.6 is 0 Å². The van der Waals surface area contributed by atoms with E-state index in [9.17, 15) is 0 Å². The highest BCUT2D eigenvalue weighted by Gasteiger charge is 2.07. The van der Waals surface area contributed by atoms with E-state index in [0.29, 0.717) is 0 Å². The lowest BCUT2D eigenvalue weighted by atomic mass is 10.0. The van der Waals surface area contributed by atoms with Crippen LogP contribution in [0.3, 0.4) is 0 Å². The van der Waals surface area contributed by atoms with Gasteiger partial charge in [0.15, 0.2) is 0 Å². The normalized spacial score (nSPS) is 10.5. The summed E-state index contributed by atoms with van der Waals surface area (Å²) in [5.74, 6) is 0. The van der Waals surface area contributed by atoms with Gasteiger partial charge in [0.05, 0.1) is 0 Å². The minimum Gasteiger partial charge on any atom is -0.399 e. The summed E-state index contributed by atoms with van der Waals surface area (Å²) in [5, 5.41) is 0. The zero-order valence-corrected chi connectivity index (χ0v) is 12.2. The van der Waals surface area contributed by atoms with Gasteiger partial charge >= 0.3 is 0 Å². The first-order valence-electron chi connectivity index (χ1n) is 6.61. The maximum atomic E-state index is 5.72. The first-order valence-corrected chi connectivity index (χ1v) is 6.61. The van der Waals surface area contributed by atoms with Gasteiger partial charge in [-0.2, -0.15) is 0 Å². The summed E-state index contributed by atoms with van der Waals surface area (Å²) in [6, 6.07) is 12.6. The summed E-state index contributed by atoms with van der Waals surface area (Å²) < 4.78 is 0. The quantitative estimate of drug-likeness (QED) is 0.843. The van der Waals surface area contributed by atoms with E-state index in [1.807, 2.05) is 12.1 Å². The average molecular weight is 254 g/mol. The molecule has 2 nitrogen and oxygen atoms in total. The summed E-state index contributed by atoms with van der Waals surface area (Å²) in [4.78, 5) is 2.29. The van der Waals surface area contributed by atoms with Gasteiger partial charge in [-0.1, -0.05) is 18.2 Å².